The van der Waals surface area contributed by atoms with Crippen molar-refractivity contribution in [3.63, 3.8) is 0 Å². The first-order valence-electron chi connectivity index (χ1n) is 6.25. The summed E-state index contributed by atoms with van der Waals surface area (Å²) in [4.78, 5) is 2.44. The Kier molecular flexibility index (Phi) is 6.20. The maximum atomic E-state index is 3.56. The fourth-order valence-corrected chi connectivity index (χ4v) is 1.77. The average molecular weight is 198 g/mol. The van der Waals surface area contributed by atoms with Crippen LogP contribution in [0, 0.1) is 0 Å². The highest BCUT2D eigenvalue weighted by atomic mass is 15.1. The molecule has 0 unspecified atom stereocenters. The third-order valence-corrected chi connectivity index (χ3v) is 2.83. The zero-order valence-corrected chi connectivity index (χ0v) is 9.89. The van der Waals surface area contributed by atoms with E-state index in [4.69, 9.17) is 0 Å². The van der Waals surface area contributed by atoms with E-state index in [1.165, 1.54) is 58.2 Å². The minimum atomic E-state index is 0.887. The van der Waals surface area contributed by atoms with Crippen LogP contribution in [-0.2, 0) is 0 Å². The van der Waals surface area contributed by atoms with Crippen molar-refractivity contribution >= 4 is 0 Å². The molecule has 0 atom stereocenters. The Morgan fingerprint density at radius 3 is 2.57 bits per heavy atom. The zero-order valence-electron chi connectivity index (χ0n) is 9.89. The number of unbranched alkanes of at least 4 members (excludes halogenated alkanes) is 2. The van der Waals surface area contributed by atoms with Crippen molar-refractivity contribution in [1.82, 2.24) is 10.2 Å². The normalized spacial score (nSPS) is 16.5. The summed E-state index contributed by atoms with van der Waals surface area (Å²) >= 11 is 0. The Labute approximate surface area is 89.1 Å². The second-order valence-electron chi connectivity index (χ2n) is 4.59. The lowest BCUT2D eigenvalue weighted by Gasteiger charge is -2.14. The molecule has 0 radical (unpaired) electrons. The number of hydrogen-bond donors (Lipinski definition) is 1. The first-order chi connectivity index (χ1) is 6.83. The van der Waals surface area contributed by atoms with E-state index < -0.39 is 0 Å². The summed E-state index contributed by atoms with van der Waals surface area (Å²) in [6.07, 6.45) is 8.21. The lowest BCUT2D eigenvalue weighted by atomic mass is 10.2. The first-order valence-corrected chi connectivity index (χ1v) is 6.25. The summed E-state index contributed by atoms with van der Waals surface area (Å²) in [5.74, 6) is 0. The van der Waals surface area contributed by atoms with Gasteiger partial charge in [-0.1, -0.05) is 13.3 Å². The van der Waals surface area contributed by atoms with Crippen LogP contribution >= 0.6 is 0 Å². The van der Waals surface area contributed by atoms with Crippen molar-refractivity contribution < 1.29 is 0 Å². The van der Waals surface area contributed by atoms with E-state index in [1.54, 1.807) is 0 Å². The average Bonchev–Trinajstić information content (AvgIpc) is 2.95. The van der Waals surface area contributed by atoms with Crippen LogP contribution in [0.4, 0.5) is 0 Å². The van der Waals surface area contributed by atoms with Gasteiger partial charge in [-0.2, -0.15) is 0 Å². The molecular formula is C12H26N2. The standard InChI is InChI=1S/C12H26N2/c1-3-10-14(2)11-6-4-5-9-13-12-7-8-12/h12-13H,3-11H2,1-2H3. The van der Waals surface area contributed by atoms with Gasteiger partial charge in [-0.25, -0.2) is 0 Å². The van der Waals surface area contributed by atoms with Gasteiger partial charge in [-0.05, 0) is 58.8 Å². The predicted molar refractivity (Wildman–Crippen MR) is 62.7 cm³/mol. The van der Waals surface area contributed by atoms with E-state index in [0.717, 1.165) is 6.04 Å². The van der Waals surface area contributed by atoms with Gasteiger partial charge in [0.05, 0.1) is 0 Å². The largest absolute Gasteiger partial charge is 0.314 e. The van der Waals surface area contributed by atoms with Gasteiger partial charge in [0.1, 0.15) is 0 Å². The molecule has 1 aliphatic rings. The smallest absolute Gasteiger partial charge is 0.00682 e. The summed E-state index contributed by atoms with van der Waals surface area (Å²) < 4.78 is 0. The van der Waals surface area contributed by atoms with Crippen LogP contribution in [0.1, 0.15) is 45.4 Å². The first kappa shape index (κ1) is 12.0. The molecule has 84 valence electrons. The summed E-state index contributed by atoms with van der Waals surface area (Å²) in [5, 5.41) is 3.56. The highest BCUT2D eigenvalue weighted by Crippen LogP contribution is 2.18. The van der Waals surface area contributed by atoms with Crippen LogP contribution in [0.15, 0.2) is 0 Å². The third-order valence-electron chi connectivity index (χ3n) is 2.83. The van der Waals surface area contributed by atoms with Gasteiger partial charge >= 0.3 is 0 Å². The van der Waals surface area contributed by atoms with E-state index in [0.29, 0.717) is 0 Å². The van der Waals surface area contributed by atoms with E-state index in [1.807, 2.05) is 0 Å². The second-order valence-corrected chi connectivity index (χ2v) is 4.59. The maximum Gasteiger partial charge on any atom is 0.00682 e. The fraction of sp³-hybridized carbons (Fsp3) is 1.00. The Hall–Kier alpha value is -0.0800. The molecule has 0 heterocycles. The molecule has 2 heteroatoms. The molecule has 0 bridgehead atoms. The highest BCUT2D eigenvalue weighted by molar-refractivity contribution is 4.80. The van der Waals surface area contributed by atoms with Gasteiger partial charge in [0, 0.05) is 6.04 Å². The maximum absolute atomic E-state index is 3.56. The molecule has 2 nitrogen and oxygen atoms in total. The Bertz CT molecular complexity index is 132. The van der Waals surface area contributed by atoms with Crippen LogP contribution in [0.25, 0.3) is 0 Å². The SMILES string of the molecule is CCCN(C)CCCCCNC1CC1. The topological polar surface area (TPSA) is 15.3 Å². The molecule has 0 aromatic carbocycles. The van der Waals surface area contributed by atoms with Crippen LogP contribution < -0.4 is 5.32 Å². The van der Waals surface area contributed by atoms with Gasteiger partial charge < -0.3 is 10.2 Å². The zero-order chi connectivity index (χ0) is 10.2. The van der Waals surface area contributed by atoms with Gasteiger partial charge in [-0.15, -0.1) is 0 Å². The van der Waals surface area contributed by atoms with E-state index in [-0.39, 0.29) is 0 Å². The summed E-state index contributed by atoms with van der Waals surface area (Å²) in [5.41, 5.74) is 0. The van der Waals surface area contributed by atoms with Gasteiger partial charge in [0.2, 0.25) is 0 Å². The van der Waals surface area contributed by atoms with Gasteiger partial charge in [-0.3, -0.25) is 0 Å². The molecule has 1 rings (SSSR count). The lowest BCUT2D eigenvalue weighted by molar-refractivity contribution is 0.324. The number of rotatable bonds is 9. The van der Waals surface area contributed by atoms with Crippen molar-refractivity contribution in [3.05, 3.63) is 0 Å². The van der Waals surface area contributed by atoms with Crippen molar-refractivity contribution in [3.8, 4) is 0 Å². The quantitative estimate of drug-likeness (QED) is 0.572. The van der Waals surface area contributed by atoms with Crippen molar-refractivity contribution in [2.24, 2.45) is 0 Å². The van der Waals surface area contributed by atoms with E-state index >= 15 is 0 Å². The molecule has 1 N–H and O–H groups in total. The van der Waals surface area contributed by atoms with Crippen molar-refractivity contribution in [1.29, 1.82) is 0 Å². The molecule has 0 amide bonds. The molecule has 1 fully saturated rings. The Balaban J connectivity index is 1.74. The van der Waals surface area contributed by atoms with Crippen LogP contribution in [0.2, 0.25) is 0 Å². The molecule has 1 saturated carbocycles. The monoisotopic (exact) mass is 198 g/mol. The van der Waals surface area contributed by atoms with Gasteiger partial charge in [0.15, 0.2) is 0 Å². The third kappa shape index (κ3) is 6.39. The molecule has 14 heavy (non-hydrogen) atoms. The van der Waals surface area contributed by atoms with E-state index in [9.17, 15) is 0 Å². The predicted octanol–water partition coefficient (Wildman–Crippen LogP) is 2.25. The summed E-state index contributed by atoms with van der Waals surface area (Å²) in [6, 6.07) is 0.887. The van der Waals surface area contributed by atoms with E-state index in [2.05, 4.69) is 24.2 Å². The lowest BCUT2D eigenvalue weighted by Crippen LogP contribution is -2.21. The Morgan fingerprint density at radius 2 is 1.93 bits per heavy atom. The van der Waals surface area contributed by atoms with Crippen LogP contribution in [0.5, 0.6) is 0 Å². The highest BCUT2D eigenvalue weighted by Gasteiger charge is 2.19. The molecule has 0 aromatic rings. The second kappa shape index (κ2) is 7.24. The van der Waals surface area contributed by atoms with Crippen LogP contribution in [0.3, 0.4) is 0 Å². The minimum Gasteiger partial charge on any atom is -0.314 e. The van der Waals surface area contributed by atoms with Crippen LogP contribution in [-0.4, -0.2) is 37.6 Å². The molecule has 0 spiro atoms. The minimum absolute atomic E-state index is 0.887. The molecule has 0 aromatic heterocycles. The molecular weight excluding hydrogens is 172 g/mol. The Morgan fingerprint density at radius 1 is 1.14 bits per heavy atom. The van der Waals surface area contributed by atoms with Crippen molar-refractivity contribution in [2.45, 2.75) is 51.5 Å². The molecule has 0 saturated heterocycles. The molecule has 0 aliphatic heterocycles. The van der Waals surface area contributed by atoms with Crippen molar-refractivity contribution in [2.75, 3.05) is 26.7 Å². The number of hydrogen-bond acceptors (Lipinski definition) is 2. The number of nitrogens with one attached hydrogen (secondary N) is 1. The summed E-state index contributed by atoms with van der Waals surface area (Å²) in [6.45, 7) is 6.01. The fourth-order valence-electron chi connectivity index (χ4n) is 1.77. The number of nitrogens with zero attached hydrogens (tertiary/aromatic N) is 1. The molecule has 1 aliphatic carbocycles. The van der Waals surface area contributed by atoms with Gasteiger partial charge in [0.25, 0.3) is 0 Å². The summed E-state index contributed by atoms with van der Waals surface area (Å²) in [7, 11) is 2.23.